The average Bonchev–Trinajstić information content (AvgIpc) is 3.34. The lowest BCUT2D eigenvalue weighted by Gasteiger charge is -2.46. The van der Waals surface area contributed by atoms with Crippen LogP contribution in [0, 0.1) is 0 Å². The SMILES string of the molecule is CCCCCCC/C=C\C/C=C\C/C=C\CCCCCCCCCCC(=O)NC(COC1OC(CO)C(OC2OC(CO)C(O)C(O)C2O)C(O)C1O)C(O)/C=C/CC/C=C/CCCCCCC. The molecule has 0 aromatic carbocycles. The van der Waals surface area contributed by atoms with Crippen molar-refractivity contribution in [3.05, 3.63) is 60.8 Å². The molecular weight excluding hydrogens is 871 g/mol. The van der Waals surface area contributed by atoms with Crippen LogP contribution in [-0.2, 0) is 23.7 Å². The van der Waals surface area contributed by atoms with E-state index in [-0.39, 0.29) is 18.9 Å². The Morgan fingerprint density at radius 2 is 0.985 bits per heavy atom. The summed E-state index contributed by atoms with van der Waals surface area (Å²) < 4.78 is 22.7. The standard InChI is InChI=1S/C54H95NO13/c1-3-5-7-9-11-13-15-16-17-18-19-20-21-22-23-24-25-26-28-30-32-34-36-38-46(59)55-42(43(58)37-35-33-31-29-27-14-12-10-8-6-4-2)41-65-53-51(64)49(62)52(45(40-57)67-53)68-54-50(63)48(61)47(60)44(39-56)66-54/h15-16,18-19,21-22,27,29,35,37,42-45,47-54,56-58,60-64H,3-14,17,20,23-26,28,30-34,36,38-41H2,1-2H3,(H,55,59)/b16-15-,19-18-,22-21-,29-27+,37-35+. The average molecular weight is 966 g/mol. The first-order valence-corrected chi connectivity index (χ1v) is 26.5. The van der Waals surface area contributed by atoms with Crippen LogP contribution in [0.3, 0.4) is 0 Å². The van der Waals surface area contributed by atoms with Gasteiger partial charge in [0.15, 0.2) is 12.6 Å². The number of rotatable bonds is 40. The van der Waals surface area contributed by atoms with Crippen LogP contribution in [0.1, 0.15) is 181 Å². The van der Waals surface area contributed by atoms with Crippen molar-refractivity contribution in [2.45, 2.75) is 254 Å². The van der Waals surface area contributed by atoms with Crippen molar-refractivity contribution in [1.82, 2.24) is 5.32 Å². The van der Waals surface area contributed by atoms with Crippen LogP contribution in [0.15, 0.2) is 60.8 Å². The molecule has 1 amide bonds. The van der Waals surface area contributed by atoms with Crippen molar-refractivity contribution in [2.24, 2.45) is 0 Å². The zero-order chi connectivity index (χ0) is 49.6. The Bertz CT molecular complexity index is 1370. The molecule has 14 nitrogen and oxygen atoms in total. The van der Waals surface area contributed by atoms with Gasteiger partial charge in [-0.15, -0.1) is 0 Å². The maximum atomic E-state index is 13.2. The molecule has 12 unspecified atom stereocenters. The molecule has 0 saturated carbocycles. The highest BCUT2D eigenvalue weighted by atomic mass is 16.7. The fourth-order valence-electron chi connectivity index (χ4n) is 8.31. The van der Waals surface area contributed by atoms with Crippen LogP contribution in [0.4, 0.5) is 0 Å². The Hall–Kier alpha value is -2.31. The second-order valence-corrected chi connectivity index (χ2v) is 18.6. The minimum atomic E-state index is -1.79. The van der Waals surface area contributed by atoms with Gasteiger partial charge in [-0.3, -0.25) is 4.79 Å². The zero-order valence-electron chi connectivity index (χ0n) is 41.8. The fraction of sp³-hybridized carbons (Fsp3) is 0.796. The fourth-order valence-corrected chi connectivity index (χ4v) is 8.31. The van der Waals surface area contributed by atoms with Gasteiger partial charge < -0.3 is 65.1 Å². The Morgan fingerprint density at radius 1 is 0.529 bits per heavy atom. The van der Waals surface area contributed by atoms with Gasteiger partial charge in [0.25, 0.3) is 0 Å². The molecule has 0 radical (unpaired) electrons. The summed E-state index contributed by atoms with van der Waals surface area (Å²) in [5, 5.41) is 86.7. The van der Waals surface area contributed by atoms with E-state index in [1.165, 1.54) is 96.3 Å². The lowest BCUT2D eigenvalue weighted by Crippen LogP contribution is -2.65. The van der Waals surface area contributed by atoms with Crippen molar-refractivity contribution >= 4 is 5.91 Å². The number of aliphatic hydroxyl groups excluding tert-OH is 8. The number of ether oxygens (including phenoxy) is 4. The Kier molecular flexibility index (Phi) is 36.6. The summed E-state index contributed by atoms with van der Waals surface area (Å²) in [5.41, 5.74) is 0. The summed E-state index contributed by atoms with van der Waals surface area (Å²) in [7, 11) is 0. The first kappa shape index (κ1) is 61.8. The van der Waals surface area contributed by atoms with E-state index in [1.807, 2.05) is 6.08 Å². The van der Waals surface area contributed by atoms with E-state index in [2.05, 4.69) is 67.8 Å². The summed E-state index contributed by atoms with van der Waals surface area (Å²) in [5.74, 6) is -0.261. The number of hydrogen-bond donors (Lipinski definition) is 9. The van der Waals surface area contributed by atoms with Crippen molar-refractivity contribution in [3.8, 4) is 0 Å². The minimum absolute atomic E-state index is 0.261. The van der Waals surface area contributed by atoms with Gasteiger partial charge in [-0.05, 0) is 70.6 Å². The molecule has 9 N–H and O–H groups in total. The van der Waals surface area contributed by atoms with Crippen molar-refractivity contribution in [3.63, 3.8) is 0 Å². The molecule has 68 heavy (non-hydrogen) atoms. The lowest BCUT2D eigenvalue weighted by molar-refractivity contribution is -0.359. The largest absolute Gasteiger partial charge is 0.394 e. The predicted molar refractivity (Wildman–Crippen MR) is 267 cm³/mol. The van der Waals surface area contributed by atoms with Crippen molar-refractivity contribution in [2.75, 3.05) is 19.8 Å². The molecule has 394 valence electrons. The van der Waals surface area contributed by atoms with Crippen molar-refractivity contribution < 1.29 is 64.6 Å². The van der Waals surface area contributed by atoms with Gasteiger partial charge in [0, 0.05) is 6.42 Å². The van der Waals surface area contributed by atoms with E-state index >= 15 is 0 Å². The number of aliphatic hydroxyl groups is 8. The molecule has 2 rings (SSSR count). The van der Waals surface area contributed by atoms with E-state index in [1.54, 1.807) is 6.08 Å². The highest BCUT2D eigenvalue weighted by Crippen LogP contribution is 2.30. The number of hydrogen-bond acceptors (Lipinski definition) is 13. The molecule has 12 atom stereocenters. The Labute approximate surface area is 409 Å². The molecule has 2 aliphatic rings. The smallest absolute Gasteiger partial charge is 0.220 e. The summed E-state index contributed by atoms with van der Waals surface area (Å²) in [6.07, 6.45) is 32.7. The van der Waals surface area contributed by atoms with Gasteiger partial charge in [-0.1, -0.05) is 164 Å². The normalized spacial score (nSPS) is 26.9. The van der Waals surface area contributed by atoms with Crippen LogP contribution in [0.2, 0.25) is 0 Å². The third-order valence-electron chi connectivity index (χ3n) is 12.7. The predicted octanol–water partition coefficient (Wildman–Crippen LogP) is 7.44. The van der Waals surface area contributed by atoms with Gasteiger partial charge in [-0.2, -0.15) is 0 Å². The van der Waals surface area contributed by atoms with Crippen LogP contribution < -0.4 is 5.32 Å². The number of carbonyl (C=O) groups excluding carboxylic acids is 1. The number of nitrogens with one attached hydrogen (secondary N) is 1. The van der Waals surface area contributed by atoms with E-state index in [4.69, 9.17) is 18.9 Å². The number of allylic oxidation sites excluding steroid dienone is 9. The van der Waals surface area contributed by atoms with Gasteiger partial charge in [0.1, 0.15) is 48.8 Å². The zero-order valence-corrected chi connectivity index (χ0v) is 41.8. The topological polar surface area (TPSA) is 228 Å². The van der Waals surface area contributed by atoms with Gasteiger partial charge in [0.2, 0.25) is 5.91 Å². The molecule has 0 aromatic rings. The summed E-state index contributed by atoms with van der Waals surface area (Å²) in [6.45, 7) is 2.71. The van der Waals surface area contributed by atoms with Crippen LogP contribution >= 0.6 is 0 Å². The molecule has 0 bridgehead atoms. The molecule has 0 aliphatic carbocycles. The molecule has 2 aliphatic heterocycles. The quantitative estimate of drug-likeness (QED) is 0.0215. The molecule has 2 heterocycles. The molecule has 2 fully saturated rings. The first-order chi connectivity index (χ1) is 33.1. The van der Waals surface area contributed by atoms with Gasteiger partial charge in [-0.25, -0.2) is 0 Å². The van der Waals surface area contributed by atoms with Crippen LogP contribution in [-0.4, -0.2) is 140 Å². The van der Waals surface area contributed by atoms with Crippen LogP contribution in [0.5, 0.6) is 0 Å². The third kappa shape index (κ3) is 26.8. The van der Waals surface area contributed by atoms with E-state index in [0.717, 1.165) is 51.4 Å². The lowest BCUT2D eigenvalue weighted by atomic mass is 9.97. The Morgan fingerprint density at radius 3 is 1.54 bits per heavy atom. The minimum Gasteiger partial charge on any atom is -0.394 e. The second kappa shape index (κ2) is 40.3. The van der Waals surface area contributed by atoms with Crippen LogP contribution in [0.25, 0.3) is 0 Å². The van der Waals surface area contributed by atoms with E-state index in [0.29, 0.717) is 12.8 Å². The number of amides is 1. The summed E-state index contributed by atoms with van der Waals surface area (Å²) in [4.78, 5) is 13.2. The highest BCUT2D eigenvalue weighted by Gasteiger charge is 2.51. The molecule has 0 aromatic heterocycles. The van der Waals surface area contributed by atoms with Gasteiger partial charge in [0.05, 0.1) is 32.0 Å². The molecular formula is C54H95NO13. The highest BCUT2D eigenvalue weighted by molar-refractivity contribution is 5.76. The Balaban J connectivity index is 1.79. The van der Waals surface area contributed by atoms with E-state index < -0.39 is 86.8 Å². The maximum Gasteiger partial charge on any atom is 0.220 e. The summed E-state index contributed by atoms with van der Waals surface area (Å²) in [6, 6.07) is -0.936. The third-order valence-corrected chi connectivity index (χ3v) is 12.7. The molecule has 14 heteroatoms. The van der Waals surface area contributed by atoms with E-state index in [9.17, 15) is 45.6 Å². The summed E-state index contributed by atoms with van der Waals surface area (Å²) >= 11 is 0. The second-order valence-electron chi connectivity index (χ2n) is 18.6. The van der Waals surface area contributed by atoms with Crippen molar-refractivity contribution in [1.29, 1.82) is 0 Å². The number of carbonyl (C=O) groups is 1. The first-order valence-electron chi connectivity index (χ1n) is 26.5. The molecule has 2 saturated heterocycles. The maximum absolute atomic E-state index is 13.2. The molecule has 0 spiro atoms. The number of unbranched alkanes of at least 4 members (excludes halogenated alkanes) is 19. The van der Waals surface area contributed by atoms with Gasteiger partial charge >= 0.3 is 0 Å². The monoisotopic (exact) mass is 966 g/mol.